The zero-order valence-electron chi connectivity index (χ0n) is 12.4. The largest absolute Gasteiger partial charge is 0.371 e. The zero-order valence-corrected chi connectivity index (χ0v) is 12.4. The van der Waals surface area contributed by atoms with Crippen LogP contribution in [0.15, 0.2) is 30.3 Å². The van der Waals surface area contributed by atoms with E-state index in [0.29, 0.717) is 5.56 Å². The molecule has 6 heteroatoms. The molecular weight excluding hydrogens is 292 g/mol. The molecule has 1 saturated carbocycles. The fourth-order valence-electron chi connectivity index (χ4n) is 4.09. The third-order valence-corrected chi connectivity index (χ3v) is 5.45. The highest BCUT2D eigenvalue weighted by Gasteiger charge is 2.77. The van der Waals surface area contributed by atoms with E-state index in [9.17, 15) is 25.7 Å². The lowest BCUT2D eigenvalue weighted by molar-refractivity contribution is -0.130. The molecule has 1 aromatic rings. The Hall–Kier alpha value is -2.88. The summed E-state index contributed by atoms with van der Waals surface area (Å²) in [6, 6.07) is 14.6. The molecule has 1 aliphatic carbocycles. The summed E-state index contributed by atoms with van der Waals surface area (Å²) in [5, 5.41) is 42.7. The first-order chi connectivity index (χ1) is 10.9. The second kappa shape index (κ2) is 4.56. The minimum absolute atomic E-state index is 0.00840. The molecule has 1 heterocycles. The van der Waals surface area contributed by atoms with Gasteiger partial charge in [0.1, 0.15) is 5.72 Å². The van der Waals surface area contributed by atoms with Gasteiger partial charge in [-0.2, -0.15) is 15.8 Å². The van der Waals surface area contributed by atoms with E-state index in [-0.39, 0.29) is 6.42 Å². The first kappa shape index (κ1) is 15.0. The highest BCUT2D eigenvalue weighted by molar-refractivity contribution is 5.92. The van der Waals surface area contributed by atoms with E-state index in [1.807, 2.05) is 18.2 Å². The van der Waals surface area contributed by atoms with Gasteiger partial charge in [0, 0.05) is 18.3 Å². The van der Waals surface area contributed by atoms with Crippen LogP contribution >= 0.6 is 0 Å². The third kappa shape index (κ3) is 1.50. The number of nitrogens with one attached hydrogen (secondary N) is 1. The predicted octanol–water partition coefficient (Wildman–Crippen LogP) is 1.17. The lowest BCUT2D eigenvalue weighted by atomic mass is 9.48. The van der Waals surface area contributed by atoms with Gasteiger partial charge in [-0.15, -0.1) is 0 Å². The smallest absolute Gasteiger partial charge is 0.245 e. The molecule has 3 rings (SSSR count). The van der Waals surface area contributed by atoms with Crippen molar-refractivity contribution in [3.05, 3.63) is 35.9 Å². The van der Waals surface area contributed by atoms with Crippen molar-refractivity contribution in [3.8, 4) is 18.2 Å². The number of carbonyl (C=O) groups is 1. The average molecular weight is 306 g/mol. The molecule has 2 bridgehead atoms. The Kier molecular flexibility index (Phi) is 2.98. The standard InChI is InChI=1S/C17H14N4O2/c1-11-16(10-20)14(22)21-17(11,23)7-13(15(16,8-18)9-19)12-5-3-2-4-6-12/h2-6,11,13,23H,7H2,1H3,(H,21,22)/t11-,13-,16+,17+/m1/s1. The van der Waals surface area contributed by atoms with Crippen LogP contribution in [-0.4, -0.2) is 16.7 Å². The van der Waals surface area contributed by atoms with Gasteiger partial charge in [0.05, 0.1) is 18.2 Å². The molecule has 1 amide bonds. The summed E-state index contributed by atoms with van der Waals surface area (Å²) in [4.78, 5) is 12.5. The summed E-state index contributed by atoms with van der Waals surface area (Å²) in [6.07, 6.45) is 0.00840. The molecule has 1 saturated heterocycles. The minimum atomic E-state index is -1.91. The normalized spacial score (nSPS) is 37.1. The number of hydrogen-bond acceptors (Lipinski definition) is 5. The number of hydrogen-bond donors (Lipinski definition) is 2. The van der Waals surface area contributed by atoms with Crippen LogP contribution in [0, 0.1) is 50.7 Å². The Morgan fingerprint density at radius 2 is 1.78 bits per heavy atom. The first-order valence-electron chi connectivity index (χ1n) is 7.25. The number of nitrogens with zero attached hydrogens (tertiary/aromatic N) is 3. The van der Waals surface area contributed by atoms with Crippen molar-refractivity contribution >= 4 is 5.91 Å². The molecule has 0 radical (unpaired) electrons. The van der Waals surface area contributed by atoms with Gasteiger partial charge in [0.15, 0.2) is 10.8 Å². The van der Waals surface area contributed by atoms with E-state index in [1.165, 1.54) is 6.92 Å². The Balaban J connectivity index is 2.34. The van der Waals surface area contributed by atoms with E-state index >= 15 is 0 Å². The highest BCUT2D eigenvalue weighted by atomic mass is 16.3. The maximum Gasteiger partial charge on any atom is 0.245 e. The second-order valence-corrected chi connectivity index (χ2v) is 6.22. The quantitative estimate of drug-likeness (QED) is 0.806. The van der Waals surface area contributed by atoms with Crippen LogP contribution in [0.4, 0.5) is 0 Å². The number of benzene rings is 1. The number of amides is 1. The SMILES string of the molecule is C[C@H]1[C@@]2(O)C[C@H](c3ccccc3)C(C#N)(C#N)[C@]1(C#N)C(=O)N2. The maximum absolute atomic E-state index is 12.5. The molecule has 4 atom stereocenters. The summed E-state index contributed by atoms with van der Waals surface area (Å²) < 4.78 is 0. The monoisotopic (exact) mass is 306 g/mol. The first-order valence-corrected chi connectivity index (χ1v) is 7.25. The Morgan fingerprint density at radius 3 is 2.30 bits per heavy atom. The fourth-order valence-corrected chi connectivity index (χ4v) is 4.09. The number of fused-ring (bicyclic) bond motifs is 2. The molecule has 1 aliphatic heterocycles. The molecule has 23 heavy (non-hydrogen) atoms. The minimum Gasteiger partial charge on any atom is -0.371 e. The lowest BCUT2D eigenvalue weighted by Gasteiger charge is -2.48. The van der Waals surface area contributed by atoms with Gasteiger partial charge in [-0.25, -0.2) is 0 Å². The van der Waals surface area contributed by atoms with Crippen LogP contribution < -0.4 is 5.32 Å². The van der Waals surface area contributed by atoms with Crippen molar-refractivity contribution in [2.45, 2.75) is 25.0 Å². The van der Waals surface area contributed by atoms with Crippen LogP contribution in [0.2, 0.25) is 0 Å². The van der Waals surface area contributed by atoms with Crippen LogP contribution in [-0.2, 0) is 4.79 Å². The maximum atomic E-state index is 12.5. The molecule has 1 aromatic carbocycles. The van der Waals surface area contributed by atoms with Gasteiger partial charge in [-0.1, -0.05) is 37.3 Å². The summed E-state index contributed by atoms with van der Waals surface area (Å²) >= 11 is 0. The van der Waals surface area contributed by atoms with Crippen molar-refractivity contribution in [1.29, 1.82) is 15.8 Å². The van der Waals surface area contributed by atoms with Gasteiger partial charge in [0.25, 0.3) is 0 Å². The second-order valence-electron chi connectivity index (χ2n) is 6.22. The molecular formula is C17H14N4O2. The molecule has 0 spiro atoms. The summed E-state index contributed by atoms with van der Waals surface area (Å²) in [5.74, 6) is -2.37. The number of aliphatic hydroxyl groups is 1. The Bertz CT molecular complexity index is 787. The van der Waals surface area contributed by atoms with E-state index in [1.54, 1.807) is 30.3 Å². The molecule has 0 unspecified atom stereocenters. The highest BCUT2D eigenvalue weighted by Crippen LogP contribution is 2.64. The van der Waals surface area contributed by atoms with Crippen molar-refractivity contribution in [2.75, 3.05) is 0 Å². The van der Waals surface area contributed by atoms with Gasteiger partial charge in [0.2, 0.25) is 5.91 Å². The van der Waals surface area contributed by atoms with E-state index in [2.05, 4.69) is 5.32 Å². The lowest BCUT2D eigenvalue weighted by Crippen LogP contribution is -2.57. The number of rotatable bonds is 1. The molecule has 2 N–H and O–H groups in total. The van der Waals surface area contributed by atoms with Crippen molar-refractivity contribution < 1.29 is 9.90 Å². The molecule has 6 nitrogen and oxygen atoms in total. The Labute approximate surface area is 133 Å². The number of carbonyl (C=O) groups excluding carboxylic acids is 1. The van der Waals surface area contributed by atoms with Crippen molar-refractivity contribution in [1.82, 2.24) is 5.32 Å². The molecule has 2 aliphatic rings. The zero-order chi connectivity index (χ0) is 16.9. The Morgan fingerprint density at radius 1 is 1.17 bits per heavy atom. The van der Waals surface area contributed by atoms with Gasteiger partial charge in [-0.3, -0.25) is 4.79 Å². The topological polar surface area (TPSA) is 121 Å². The van der Waals surface area contributed by atoms with Gasteiger partial charge < -0.3 is 10.4 Å². The van der Waals surface area contributed by atoms with E-state index < -0.39 is 34.3 Å². The summed E-state index contributed by atoms with van der Waals surface area (Å²) in [5.41, 5.74) is -4.74. The average Bonchev–Trinajstić information content (AvgIpc) is 2.71. The summed E-state index contributed by atoms with van der Waals surface area (Å²) in [6.45, 7) is 1.53. The molecule has 0 aromatic heterocycles. The van der Waals surface area contributed by atoms with Crippen LogP contribution in [0.25, 0.3) is 0 Å². The van der Waals surface area contributed by atoms with Crippen LogP contribution in [0.5, 0.6) is 0 Å². The van der Waals surface area contributed by atoms with Crippen LogP contribution in [0.3, 0.4) is 0 Å². The van der Waals surface area contributed by atoms with Crippen molar-refractivity contribution in [2.24, 2.45) is 16.7 Å². The predicted molar refractivity (Wildman–Crippen MR) is 77.8 cm³/mol. The molecule has 2 fully saturated rings. The van der Waals surface area contributed by atoms with Crippen molar-refractivity contribution in [3.63, 3.8) is 0 Å². The van der Waals surface area contributed by atoms with Gasteiger partial charge >= 0.3 is 0 Å². The fraction of sp³-hybridized carbons (Fsp3) is 0.412. The van der Waals surface area contributed by atoms with E-state index in [0.717, 1.165) is 0 Å². The van der Waals surface area contributed by atoms with Crippen LogP contribution in [0.1, 0.15) is 24.8 Å². The number of nitriles is 3. The summed E-state index contributed by atoms with van der Waals surface area (Å²) in [7, 11) is 0. The molecule has 114 valence electrons. The van der Waals surface area contributed by atoms with E-state index in [4.69, 9.17) is 0 Å². The third-order valence-electron chi connectivity index (χ3n) is 5.45. The van der Waals surface area contributed by atoms with Gasteiger partial charge in [-0.05, 0) is 5.56 Å².